The van der Waals surface area contributed by atoms with E-state index >= 15 is 0 Å². The third kappa shape index (κ3) is 3.97. The largest absolute Gasteiger partial charge is 0.420 e. The smallest absolute Gasteiger partial charge is 0.373 e. The molecule has 1 aliphatic heterocycles. The minimum Gasteiger partial charge on any atom is -0.373 e. The summed E-state index contributed by atoms with van der Waals surface area (Å²) in [5, 5.41) is 0. The number of H-pyrrole nitrogens is 2. The number of aromatic nitrogens is 5. The van der Waals surface area contributed by atoms with Gasteiger partial charge in [-0.05, 0) is 38.3 Å². The Labute approximate surface area is 190 Å². The fraction of sp³-hybridized carbons (Fsp3) is 0.391. The van der Waals surface area contributed by atoms with Crippen molar-refractivity contribution in [3.8, 4) is 0 Å². The molecule has 0 amide bonds. The Hall–Kier alpha value is -3.56. The predicted molar refractivity (Wildman–Crippen MR) is 116 cm³/mol. The zero-order valence-corrected chi connectivity index (χ0v) is 18.3. The summed E-state index contributed by atoms with van der Waals surface area (Å²) in [4.78, 5) is 42.6. The fourth-order valence-corrected chi connectivity index (χ4v) is 4.20. The summed E-state index contributed by atoms with van der Waals surface area (Å²) in [7, 11) is 0. The Bertz CT molecular complexity index is 1500. The predicted octanol–water partition coefficient (Wildman–Crippen LogP) is 3.53. The zero-order chi connectivity index (χ0) is 24.2. The number of fused-ring (bicyclic) bond motifs is 1. The number of ether oxygens (including phenoxy) is 1. The summed E-state index contributed by atoms with van der Waals surface area (Å²) in [6.07, 6.45) is -2.37. The van der Waals surface area contributed by atoms with Crippen LogP contribution in [-0.2, 0) is 4.74 Å². The first-order valence-electron chi connectivity index (χ1n) is 10.8. The lowest BCUT2D eigenvalue weighted by molar-refractivity contribution is -0.0934. The van der Waals surface area contributed by atoms with Crippen molar-refractivity contribution in [2.75, 3.05) is 6.61 Å². The van der Waals surface area contributed by atoms with Gasteiger partial charge in [-0.1, -0.05) is 0 Å². The molecular formula is C23H20F3N5O3. The van der Waals surface area contributed by atoms with Gasteiger partial charge in [0.15, 0.2) is 5.65 Å². The first-order chi connectivity index (χ1) is 16.1. The van der Waals surface area contributed by atoms with Crippen molar-refractivity contribution in [3.63, 3.8) is 0 Å². The van der Waals surface area contributed by atoms with Crippen LogP contribution in [0.1, 0.15) is 59.6 Å². The van der Waals surface area contributed by atoms with Crippen LogP contribution in [0.5, 0.6) is 0 Å². The molecule has 4 heterocycles. The average molecular weight is 471 g/mol. The van der Waals surface area contributed by atoms with Crippen LogP contribution < -0.4 is 11.1 Å². The first-order valence-corrected chi connectivity index (χ1v) is 10.8. The number of hydrogen-bond acceptors (Lipinski definition) is 6. The van der Waals surface area contributed by atoms with E-state index in [2.05, 4.69) is 30.7 Å². The van der Waals surface area contributed by atoms with Crippen LogP contribution in [0.4, 0.5) is 13.2 Å². The highest BCUT2D eigenvalue weighted by atomic mass is 19.4. The van der Waals surface area contributed by atoms with Crippen LogP contribution in [0, 0.1) is 13.8 Å². The SMILES string of the molecule is Cc1cc([C@H]2C[C@@H](c3nc(C4=C=C(C(F)(F)F)C4)c4[nH]c(=O)c(C)nc4n3)CCO2)c[nH]c1=O. The van der Waals surface area contributed by atoms with E-state index in [4.69, 9.17) is 4.74 Å². The Balaban J connectivity index is 1.58. The molecule has 0 bridgehead atoms. The van der Waals surface area contributed by atoms with Crippen molar-refractivity contribution in [1.29, 1.82) is 0 Å². The van der Waals surface area contributed by atoms with Crippen molar-refractivity contribution in [1.82, 2.24) is 24.9 Å². The van der Waals surface area contributed by atoms with Crippen LogP contribution in [-0.4, -0.2) is 37.7 Å². The van der Waals surface area contributed by atoms with Gasteiger partial charge in [0, 0.05) is 36.3 Å². The first kappa shape index (κ1) is 22.2. The third-order valence-electron chi connectivity index (χ3n) is 6.16. The molecule has 8 nitrogen and oxygen atoms in total. The second-order valence-corrected chi connectivity index (χ2v) is 8.56. The molecular weight excluding hydrogens is 451 g/mol. The average Bonchev–Trinajstić information content (AvgIpc) is 2.74. The maximum Gasteiger partial charge on any atom is 0.420 e. The van der Waals surface area contributed by atoms with Gasteiger partial charge >= 0.3 is 6.18 Å². The van der Waals surface area contributed by atoms with Crippen LogP contribution in [0.15, 0.2) is 33.2 Å². The summed E-state index contributed by atoms with van der Waals surface area (Å²) in [6.45, 7) is 3.67. The number of aromatic amines is 2. The minimum absolute atomic E-state index is 0.157. The van der Waals surface area contributed by atoms with Gasteiger partial charge in [-0.2, -0.15) is 13.2 Å². The molecule has 3 aromatic rings. The van der Waals surface area contributed by atoms with E-state index in [1.807, 2.05) is 0 Å². The normalized spacial score (nSPS) is 20.6. The quantitative estimate of drug-likeness (QED) is 0.565. The molecule has 5 rings (SSSR count). The molecule has 1 saturated heterocycles. The van der Waals surface area contributed by atoms with Gasteiger partial charge in [-0.25, -0.2) is 15.0 Å². The molecule has 34 heavy (non-hydrogen) atoms. The highest BCUT2D eigenvalue weighted by Gasteiger charge is 2.39. The number of nitrogens with one attached hydrogen (secondary N) is 2. The van der Waals surface area contributed by atoms with E-state index < -0.39 is 17.3 Å². The molecule has 1 aliphatic carbocycles. The lowest BCUT2D eigenvalue weighted by Crippen LogP contribution is -2.23. The summed E-state index contributed by atoms with van der Waals surface area (Å²) in [5.74, 6) is 0.264. The molecule has 2 atom stereocenters. The molecule has 0 aromatic carbocycles. The van der Waals surface area contributed by atoms with Gasteiger partial charge in [-0.3, -0.25) is 9.59 Å². The van der Waals surface area contributed by atoms with E-state index in [-0.39, 0.29) is 52.1 Å². The van der Waals surface area contributed by atoms with Gasteiger partial charge in [0.25, 0.3) is 11.1 Å². The van der Waals surface area contributed by atoms with Crippen LogP contribution >= 0.6 is 0 Å². The van der Waals surface area contributed by atoms with Crippen LogP contribution in [0.25, 0.3) is 16.7 Å². The Morgan fingerprint density at radius 1 is 1.15 bits per heavy atom. The van der Waals surface area contributed by atoms with Crippen molar-refractivity contribution >= 4 is 16.7 Å². The van der Waals surface area contributed by atoms with Crippen LogP contribution in [0.2, 0.25) is 0 Å². The Morgan fingerprint density at radius 3 is 2.62 bits per heavy atom. The molecule has 2 aliphatic rings. The second kappa shape index (κ2) is 8.03. The maximum atomic E-state index is 13.0. The summed E-state index contributed by atoms with van der Waals surface area (Å²) in [5.41, 5.74) is 3.42. The maximum absolute atomic E-state index is 13.0. The van der Waals surface area contributed by atoms with Crippen molar-refractivity contribution < 1.29 is 17.9 Å². The van der Waals surface area contributed by atoms with Crippen molar-refractivity contribution in [3.05, 3.63) is 72.6 Å². The summed E-state index contributed by atoms with van der Waals surface area (Å²) < 4.78 is 44.9. The number of allylic oxidation sites excluding steroid dienone is 1. The molecule has 0 unspecified atom stereocenters. The minimum atomic E-state index is -4.46. The van der Waals surface area contributed by atoms with E-state index in [9.17, 15) is 22.8 Å². The molecule has 3 aromatic heterocycles. The number of aryl methyl sites for hydroxylation is 2. The molecule has 1 fully saturated rings. The van der Waals surface area contributed by atoms with Gasteiger partial charge in [0.05, 0.1) is 11.7 Å². The molecule has 0 spiro atoms. The molecule has 2 N–H and O–H groups in total. The zero-order valence-electron chi connectivity index (χ0n) is 18.3. The van der Waals surface area contributed by atoms with Crippen LogP contribution in [0.3, 0.4) is 0 Å². The Morgan fingerprint density at radius 2 is 1.91 bits per heavy atom. The lowest BCUT2D eigenvalue weighted by atomic mass is 9.90. The van der Waals surface area contributed by atoms with Gasteiger partial charge in [0.2, 0.25) is 0 Å². The number of rotatable bonds is 3. The molecule has 176 valence electrons. The number of hydrogen-bond donors (Lipinski definition) is 2. The third-order valence-corrected chi connectivity index (χ3v) is 6.16. The summed E-state index contributed by atoms with van der Waals surface area (Å²) in [6, 6.07) is 1.77. The van der Waals surface area contributed by atoms with Crippen molar-refractivity contribution in [2.45, 2.75) is 51.3 Å². The summed E-state index contributed by atoms with van der Waals surface area (Å²) >= 11 is 0. The number of nitrogens with zero attached hydrogens (tertiary/aromatic N) is 3. The number of pyridine rings is 1. The topological polar surface area (TPSA) is 114 Å². The fourth-order valence-electron chi connectivity index (χ4n) is 4.20. The van der Waals surface area contributed by atoms with Gasteiger partial charge in [-0.15, -0.1) is 5.73 Å². The van der Waals surface area contributed by atoms with E-state index in [1.54, 1.807) is 19.2 Å². The number of alkyl halides is 3. The molecule has 0 saturated carbocycles. The lowest BCUT2D eigenvalue weighted by Gasteiger charge is -2.29. The van der Waals surface area contributed by atoms with E-state index in [0.29, 0.717) is 30.8 Å². The highest BCUT2D eigenvalue weighted by molar-refractivity contribution is 5.87. The van der Waals surface area contributed by atoms with Gasteiger partial charge in [0.1, 0.15) is 22.7 Å². The molecule has 11 heteroatoms. The van der Waals surface area contributed by atoms with E-state index in [0.717, 1.165) is 5.56 Å². The number of halogens is 3. The van der Waals surface area contributed by atoms with Gasteiger partial charge < -0.3 is 14.7 Å². The van der Waals surface area contributed by atoms with Crippen molar-refractivity contribution in [2.24, 2.45) is 0 Å². The second-order valence-electron chi connectivity index (χ2n) is 8.56. The standard InChI is InChI=1S/C23H20F3N5O3/c1-10-5-14(9-27-21(10)32)16-8-12(3-4-34-16)19-29-17(13-6-15(7-13)23(24,25)26)18-20(31-19)28-11(2)22(33)30-18/h5,9,12,16H,3-4,6,8H2,1-2H3,(H,27,32)(H,30,33)/t12-,16+/m0/s1. The Kier molecular flexibility index (Phi) is 5.26. The monoisotopic (exact) mass is 471 g/mol. The van der Waals surface area contributed by atoms with E-state index in [1.165, 1.54) is 6.92 Å². The highest BCUT2D eigenvalue weighted by Crippen LogP contribution is 2.41. The molecule has 0 radical (unpaired) electrons.